The van der Waals surface area contributed by atoms with E-state index < -0.39 is 6.04 Å². The maximum Gasteiger partial charge on any atom is 0.241 e. The number of hydrogen-bond acceptors (Lipinski definition) is 3. The van der Waals surface area contributed by atoms with Crippen molar-refractivity contribution in [2.75, 3.05) is 5.32 Å². The van der Waals surface area contributed by atoms with Gasteiger partial charge in [-0.25, -0.2) is 4.98 Å². The Bertz CT molecular complexity index is 393. The lowest BCUT2D eigenvalue weighted by molar-refractivity contribution is -0.118. The molecule has 0 aromatic carbocycles. The van der Waals surface area contributed by atoms with E-state index in [1.807, 2.05) is 20.8 Å². The lowest BCUT2D eigenvalue weighted by Crippen LogP contribution is -2.39. The number of pyridine rings is 1. The van der Waals surface area contributed by atoms with Gasteiger partial charge in [-0.05, 0) is 24.5 Å². The fraction of sp³-hybridized carbons (Fsp3) is 0.455. The van der Waals surface area contributed by atoms with Gasteiger partial charge in [0.1, 0.15) is 0 Å². The van der Waals surface area contributed by atoms with Crippen molar-refractivity contribution in [3.05, 3.63) is 23.0 Å². The second-order valence-corrected chi connectivity index (χ2v) is 4.47. The number of halogens is 1. The van der Waals surface area contributed by atoms with Crippen LogP contribution in [0.2, 0.25) is 5.15 Å². The maximum atomic E-state index is 11.7. The van der Waals surface area contributed by atoms with E-state index in [1.165, 1.54) is 0 Å². The monoisotopic (exact) mass is 241 g/mol. The van der Waals surface area contributed by atoms with E-state index in [9.17, 15) is 4.79 Å². The van der Waals surface area contributed by atoms with Crippen LogP contribution in [-0.4, -0.2) is 16.9 Å². The van der Waals surface area contributed by atoms with E-state index in [2.05, 4.69) is 10.3 Å². The van der Waals surface area contributed by atoms with Gasteiger partial charge in [0.25, 0.3) is 0 Å². The van der Waals surface area contributed by atoms with Gasteiger partial charge in [-0.2, -0.15) is 0 Å². The Morgan fingerprint density at radius 1 is 1.56 bits per heavy atom. The summed E-state index contributed by atoms with van der Waals surface area (Å²) in [5, 5.41) is 2.95. The van der Waals surface area contributed by atoms with Crippen LogP contribution in [0.3, 0.4) is 0 Å². The third kappa shape index (κ3) is 3.18. The number of aryl methyl sites for hydroxylation is 1. The zero-order chi connectivity index (χ0) is 12.3. The van der Waals surface area contributed by atoms with Crippen LogP contribution in [0.15, 0.2) is 12.3 Å². The first-order valence-corrected chi connectivity index (χ1v) is 5.48. The maximum absolute atomic E-state index is 11.7. The fourth-order valence-corrected chi connectivity index (χ4v) is 1.31. The van der Waals surface area contributed by atoms with E-state index in [0.717, 1.165) is 5.56 Å². The van der Waals surface area contributed by atoms with Crippen molar-refractivity contribution in [3.63, 3.8) is 0 Å². The number of nitrogens with one attached hydrogen (secondary N) is 1. The molecule has 0 aliphatic carbocycles. The first kappa shape index (κ1) is 12.9. The van der Waals surface area contributed by atoms with Crippen LogP contribution >= 0.6 is 11.6 Å². The Hall–Kier alpha value is -1.13. The first-order valence-electron chi connectivity index (χ1n) is 5.10. The van der Waals surface area contributed by atoms with Crippen LogP contribution in [0.25, 0.3) is 0 Å². The summed E-state index contributed by atoms with van der Waals surface area (Å²) in [4.78, 5) is 15.6. The van der Waals surface area contributed by atoms with Crippen LogP contribution in [0.1, 0.15) is 19.4 Å². The fourth-order valence-electron chi connectivity index (χ4n) is 1.16. The molecule has 5 heteroatoms. The van der Waals surface area contributed by atoms with Crippen molar-refractivity contribution in [2.24, 2.45) is 11.7 Å². The predicted molar refractivity (Wildman–Crippen MR) is 65.4 cm³/mol. The van der Waals surface area contributed by atoms with Gasteiger partial charge in [0, 0.05) is 6.20 Å². The molecule has 3 N–H and O–H groups in total. The average molecular weight is 242 g/mol. The summed E-state index contributed by atoms with van der Waals surface area (Å²) >= 11 is 5.86. The van der Waals surface area contributed by atoms with Crippen molar-refractivity contribution in [3.8, 4) is 0 Å². The number of amides is 1. The number of anilines is 1. The lowest BCUT2D eigenvalue weighted by Gasteiger charge is -2.15. The number of rotatable bonds is 3. The molecule has 0 saturated heterocycles. The largest absolute Gasteiger partial charge is 0.322 e. The number of nitrogens with two attached hydrogens (primary N) is 1. The molecule has 1 amide bonds. The lowest BCUT2D eigenvalue weighted by atomic mass is 10.1. The molecule has 0 unspecified atom stereocenters. The molecule has 1 aromatic rings. The topological polar surface area (TPSA) is 68.0 Å². The van der Waals surface area contributed by atoms with E-state index in [4.69, 9.17) is 17.3 Å². The van der Waals surface area contributed by atoms with E-state index in [-0.39, 0.29) is 17.0 Å². The molecule has 0 aliphatic heterocycles. The molecule has 0 fully saturated rings. The molecule has 0 radical (unpaired) electrons. The zero-order valence-corrected chi connectivity index (χ0v) is 10.4. The Labute approximate surface area is 100 Å². The van der Waals surface area contributed by atoms with Crippen molar-refractivity contribution in [1.29, 1.82) is 0 Å². The summed E-state index contributed by atoms with van der Waals surface area (Å²) in [5.41, 5.74) is 7.15. The van der Waals surface area contributed by atoms with Crippen molar-refractivity contribution >= 4 is 23.2 Å². The number of nitrogens with zero attached hydrogens (tertiary/aromatic N) is 1. The molecule has 0 spiro atoms. The summed E-state index contributed by atoms with van der Waals surface area (Å²) in [7, 11) is 0. The van der Waals surface area contributed by atoms with Crippen LogP contribution in [-0.2, 0) is 4.79 Å². The highest BCUT2D eigenvalue weighted by Gasteiger charge is 2.18. The van der Waals surface area contributed by atoms with Gasteiger partial charge in [-0.3, -0.25) is 4.79 Å². The van der Waals surface area contributed by atoms with Crippen LogP contribution in [0, 0.1) is 12.8 Å². The smallest absolute Gasteiger partial charge is 0.241 e. The second-order valence-electron chi connectivity index (χ2n) is 4.11. The summed E-state index contributed by atoms with van der Waals surface area (Å²) < 4.78 is 0. The molecule has 4 nitrogen and oxygen atoms in total. The minimum Gasteiger partial charge on any atom is -0.322 e. The molecule has 1 heterocycles. The molecule has 1 rings (SSSR count). The van der Waals surface area contributed by atoms with Gasteiger partial charge >= 0.3 is 0 Å². The Kier molecular flexibility index (Phi) is 4.26. The normalized spacial score (nSPS) is 12.6. The highest BCUT2D eigenvalue weighted by atomic mass is 35.5. The van der Waals surface area contributed by atoms with E-state index >= 15 is 0 Å². The van der Waals surface area contributed by atoms with Crippen LogP contribution in [0.5, 0.6) is 0 Å². The quantitative estimate of drug-likeness (QED) is 0.795. The summed E-state index contributed by atoms with van der Waals surface area (Å²) in [6.45, 7) is 5.65. The molecule has 1 atom stereocenters. The van der Waals surface area contributed by atoms with Gasteiger partial charge in [0.05, 0.1) is 11.7 Å². The van der Waals surface area contributed by atoms with Gasteiger partial charge < -0.3 is 11.1 Å². The van der Waals surface area contributed by atoms with Crippen molar-refractivity contribution in [2.45, 2.75) is 26.8 Å². The van der Waals surface area contributed by atoms with Gasteiger partial charge in [-0.15, -0.1) is 0 Å². The Morgan fingerprint density at radius 2 is 2.19 bits per heavy atom. The minimum atomic E-state index is -0.545. The van der Waals surface area contributed by atoms with Crippen LogP contribution < -0.4 is 11.1 Å². The molecule has 0 aliphatic rings. The number of hydrogen-bond donors (Lipinski definition) is 2. The van der Waals surface area contributed by atoms with Gasteiger partial charge in [0.15, 0.2) is 5.15 Å². The Morgan fingerprint density at radius 3 is 2.75 bits per heavy atom. The number of aromatic nitrogens is 1. The molecular formula is C11H16ClN3O. The average Bonchev–Trinajstić information content (AvgIpc) is 2.22. The predicted octanol–water partition coefficient (Wildman–Crippen LogP) is 1.97. The molecule has 88 valence electrons. The van der Waals surface area contributed by atoms with E-state index in [1.54, 1.807) is 12.3 Å². The number of carbonyl (C=O) groups is 1. The summed E-state index contributed by atoms with van der Waals surface area (Å²) in [5.74, 6) is -0.166. The molecular weight excluding hydrogens is 226 g/mol. The molecule has 16 heavy (non-hydrogen) atoms. The van der Waals surface area contributed by atoms with E-state index in [0.29, 0.717) is 5.69 Å². The summed E-state index contributed by atoms with van der Waals surface area (Å²) in [6, 6.07) is 1.22. The highest BCUT2D eigenvalue weighted by Crippen LogP contribution is 2.20. The molecule has 1 aromatic heterocycles. The van der Waals surface area contributed by atoms with Crippen LogP contribution in [0.4, 0.5) is 5.69 Å². The SMILES string of the molecule is Cc1cnc(Cl)c(NC(=O)[C@H](N)C(C)C)c1. The molecule has 0 bridgehead atoms. The van der Waals surface area contributed by atoms with Gasteiger partial charge in [-0.1, -0.05) is 25.4 Å². The third-order valence-electron chi connectivity index (χ3n) is 2.25. The Balaban J connectivity index is 2.80. The minimum absolute atomic E-state index is 0.0801. The zero-order valence-electron chi connectivity index (χ0n) is 9.62. The third-order valence-corrected chi connectivity index (χ3v) is 2.56. The van der Waals surface area contributed by atoms with Gasteiger partial charge in [0.2, 0.25) is 5.91 Å². The summed E-state index contributed by atoms with van der Waals surface area (Å²) in [6.07, 6.45) is 1.64. The van der Waals surface area contributed by atoms with Crippen molar-refractivity contribution in [1.82, 2.24) is 4.98 Å². The standard InChI is InChI=1S/C11H16ClN3O/c1-6(2)9(13)11(16)15-8-4-7(3)5-14-10(8)12/h4-6,9H,13H2,1-3H3,(H,15,16)/t9-/m1/s1. The number of carbonyl (C=O) groups excluding carboxylic acids is 1. The van der Waals surface area contributed by atoms with Crippen molar-refractivity contribution < 1.29 is 4.79 Å². The second kappa shape index (κ2) is 5.27. The molecule has 0 saturated carbocycles. The first-order chi connectivity index (χ1) is 7.41. The highest BCUT2D eigenvalue weighted by molar-refractivity contribution is 6.32.